The van der Waals surface area contributed by atoms with Gasteiger partial charge in [-0.3, -0.25) is 4.90 Å². The van der Waals surface area contributed by atoms with Crippen LogP contribution < -0.4 is 14.4 Å². The van der Waals surface area contributed by atoms with Crippen molar-refractivity contribution < 1.29 is 13.9 Å². The van der Waals surface area contributed by atoms with Crippen LogP contribution >= 0.6 is 0 Å². The summed E-state index contributed by atoms with van der Waals surface area (Å²) in [6, 6.07) is 12.8. The van der Waals surface area contributed by atoms with Gasteiger partial charge in [-0.15, -0.1) is 0 Å². The summed E-state index contributed by atoms with van der Waals surface area (Å²) in [5.74, 6) is 1.54. The zero-order valence-electron chi connectivity index (χ0n) is 14.2. The first-order valence-electron chi connectivity index (χ1n) is 8.14. The van der Waals surface area contributed by atoms with E-state index in [1.807, 2.05) is 30.3 Å². The van der Waals surface area contributed by atoms with Crippen LogP contribution in [0.25, 0.3) is 0 Å². The lowest BCUT2D eigenvalue weighted by Gasteiger charge is -2.36. The van der Waals surface area contributed by atoms with Crippen LogP contribution in [0.2, 0.25) is 0 Å². The zero-order valence-corrected chi connectivity index (χ0v) is 14.2. The molecule has 1 aliphatic rings. The van der Waals surface area contributed by atoms with E-state index in [1.165, 1.54) is 6.07 Å². The molecule has 1 saturated heterocycles. The minimum absolute atomic E-state index is 0.152. The molecule has 3 rings (SSSR count). The molecule has 2 aromatic rings. The molecule has 2 aromatic carbocycles. The van der Waals surface area contributed by atoms with Gasteiger partial charge in [-0.2, -0.15) is 0 Å². The molecular formula is C19H23FN2O2. The third kappa shape index (κ3) is 3.62. The van der Waals surface area contributed by atoms with Crippen LogP contribution in [0, 0.1) is 5.82 Å². The van der Waals surface area contributed by atoms with E-state index in [1.54, 1.807) is 20.3 Å². The van der Waals surface area contributed by atoms with Gasteiger partial charge in [0.05, 0.1) is 19.9 Å². The molecule has 1 aliphatic heterocycles. The summed E-state index contributed by atoms with van der Waals surface area (Å²) in [7, 11) is 3.35. The predicted molar refractivity (Wildman–Crippen MR) is 93.4 cm³/mol. The minimum atomic E-state index is -0.152. The molecule has 0 radical (unpaired) electrons. The van der Waals surface area contributed by atoms with Crippen molar-refractivity contribution in [1.29, 1.82) is 0 Å². The van der Waals surface area contributed by atoms with E-state index in [0.717, 1.165) is 49.8 Å². The minimum Gasteiger partial charge on any atom is -0.497 e. The molecule has 0 aromatic heterocycles. The molecule has 0 unspecified atom stereocenters. The maximum Gasteiger partial charge on any atom is 0.146 e. The van der Waals surface area contributed by atoms with Crippen molar-refractivity contribution in [2.24, 2.45) is 0 Å². The molecule has 0 spiro atoms. The summed E-state index contributed by atoms with van der Waals surface area (Å²) >= 11 is 0. The number of para-hydroxylation sites is 1. The molecule has 0 saturated carbocycles. The van der Waals surface area contributed by atoms with Gasteiger partial charge in [0.1, 0.15) is 17.3 Å². The van der Waals surface area contributed by atoms with Crippen LogP contribution in [0.3, 0.4) is 0 Å². The summed E-state index contributed by atoms with van der Waals surface area (Å²) in [6.07, 6.45) is 0. The quantitative estimate of drug-likeness (QED) is 0.841. The van der Waals surface area contributed by atoms with Crippen LogP contribution in [0.5, 0.6) is 11.5 Å². The number of piperazine rings is 1. The lowest BCUT2D eigenvalue weighted by molar-refractivity contribution is 0.245. The summed E-state index contributed by atoms with van der Waals surface area (Å²) in [4.78, 5) is 4.46. The molecule has 0 aliphatic carbocycles. The predicted octanol–water partition coefficient (Wildman–Crippen LogP) is 3.17. The first-order chi connectivity index (χ1) is 11.7. The molecule has 0 bridgehead atoms. The van der Waals surface area contributed by atoms with E-state index >= 15 is 0 Å². The monoisotopic (exact) mass is 330 g/mol. The molecular weight excluding hydrogens is 307 g/mol. The second-order valence-electron chi connectivity index (χ2n) is 5.89. The Labute approximate surface area is 142 Å². The number of halogens is 1. The highest BCUT2D eigenvalue weighted by Gasteiger charge is 2.20. The molecule has 1 heterocycles. The van der Waals surface area contributed by atoms with Crippen LogP contribution in [-0.2, 0) is 6.54 Å². The standard InChI is InChI=1S/C19H23FN2O2/c1-23-16-7-8-19(24-2)15(13-16)14-21-9-11-22(12-10-21)18-6-4-3-5-17(18)20/h3-8,13H,9-12,14H2,1-2H3. The summed E-state index contributed by atoms with van der Waals surface area (Å²) < 4.78 is 24.7. The van der Waals surface area contributed by atoms with Gasteiger partial charge < -0.3 is 14.4 Å². The van der Waals surface area contributed by atoms with E-state index in [0.29, 0.717) is 5.69 Å². The number of benzene rings is 2. The fourth-order valence-electron chi connectivity index (χ4n) is 3.10. The third-order valence-electron chi connectivity index (χ3n) is 4.45. The second kappa shape index (κ2) is 7.53. The van der Waals surface area contributed by atoms with Gasteiger partial charge in [0, 0.05) is 38.3 Å². The summed E-state index contributed by atoms with van der Waals surface area (Å²) in [5.41, 5.74) is 1.80. The Morgan fingerprint density at radius 1 is 0.958 bits per heavy atom. The summed E-state index contributed by atoms with van der Waals surface area (Å²) in [6.45, 7) is 4.19. The van der Waals surface area contributed by atoms with Crippen LogP contribution in [0.15, 0.2) is 42.5 Å². The first kappa shape index (κ1) is 16.6. The van der Waals surface area contributed by atoms with Crippen molar-refractivity contribution in [2.45, 2.75) is 6.54 Å². The number of methoxy groups -OCH3 is 2. The van der Waals surface area contributed by atoms with Gasteiger partial charge in [0.2, 0.25) is 0 Å². The highest BCUT2D eigenvalue weighted by Crippen LogP contribution is 2.26. The molecule has 0 atom stereocenters. The Hall–Kier alpha value is -2.27. The number of ether oxygens (including phenoxy) is 2. The third-order valence-corrected chi connectivity index (χ3v) is 4.45. The summed E-state index contributed by atoms with van der Waals surface area (Å²) in [5, 5.41) is 0. The molecule has 128 valence electrons. The smallest absolute Gasteiger partial charge is 0.146 e. The fraction of sp³-hybridized carbons (Fsp3) is 0.368. The van der Waals surface area contributed by atoms with Gasteiger partial charge >= 0.3 is 0 Å². The maximum atomic E-state index is 13.9. The molecule has 1 fully saturated rings. The second-order valence-corrected chi connectivity index (χ2v) is 5.89. The highest BCUT2D eigenvalue weighted by molar-refractivity contribution is 5.48. The molecule has 24 heavy (non-hydrogen) atoms. The Morgan fingerprint density at radius 3 is 2.38 bits per heavy atom. The average Bonchev–Trinajstić information content (AvgIpc) is 2.63. The lowest BCUT2D eigenvalue weighted by atomic mass is 10.1. The Bertz CT molecular complexity index is 685. The topological polar surface area (TPSA) is 24.9 Å². The normalized spacial score (nSPS) is 15.4. The Morgan fingerprint density at radius 2 is 1.71 bits per heavy atom. The van der Waals surface area contributed by atoms with Gasteiger partial charge in [0.25, 0.3) is 0 Å². The van der Waals surface area contributed by atoms with Gasteiger partial charge in [-0.05, 0) is 30.3 Å². The van der Waals surface area contributed by atoms with Gasteiger partial charge in [-0.25, -0.2) is 4.39 Å². The van der Waals surface area contributed by atoms with Crippen molar-refractivity contribution in [1.82, 2.24) is 4.90 Å². The van der Waals surface area contributed by atoms with Crippen molar-refractivity contribution >= 4 is 5.69 Å². The zero-order chi connectivity index (χ0) is 16.9. The number of anilines is 1. The van der Waals surface area contributed by atoms with Crippen molar-refractivity contribution in [3.63, 3.8) is 0 Å². The number of rotatable bonds is 5. The Balaban J connectivity index is 1.64. The molecule has 4 nitrogen and oxygen atoms in total. The number of nitrogens with zero attached hydrogens (tertiary/aromatic N) is 2. The van der Waals surface area contributed by atoms with Gasteiger partial charge in [0.15, 0.2) is 0 Å². The van der Waals surface area contributed by atoms with E-state index in [2.05, 4.69) is 9.80 Å². The molecule has 5 heteroatoms. The fourth-order valence-corrected chi connectivity index (χ4v) is 3.10. The molecule has 0 amide bonds. The highest BCUT2D eigenvalue weighted by atomic mass is 19.1. The van der Waals surface area contributed by atoms with E-state index in [4.69, 9.17) is 9.47 Å². The van der Waals surface area contributed by atoms with Crippen LogP contribution in [-0.4, -0.2) is 45.3 Å². The number of hydrogen-bond donors (Lipinski definition) is 0. The van der Waals surface area contributed by atoms with Gasteiger partial charge in [-0.1, -0.05) is 12.1 Å². The van der Waals surface area contributed by atoms with E-state index in [-0.39, 0.29) is 5.82 Å². The Kier molecular flexibility index (Phi) is 5.20. The van der Waals surface area contributed by atoms with Crippen LogP contribution in [0.4, 0.5) is 10.1 Å². The first-order valence-corrected chi connectivity index (χ1v) is 8.14. The molecule has 0 N–H and O–H groups in total. The van der Waals surface area contributed by atoms with E-state index in [9.17, 15) is 4.39 Å². The van der Waals surface area contributed by atoms with Crippen molar-refractivity contribution in [2.75, 3.05) is 45.3 Å². The SMILES string of the molecule is COc1ccc(OC)c(CN2CCN(c3ccccc3F)CC2)c1. The largest absolute Gasteiger partial charge is 0.497 e. The van der Waals surface area contributed by atoms with E-state index < -0.39 is 0 Å². The van der Waals surface area contributed by atoms with Crippen molar-refractivity contribution in [3.05, 3.63) is 53.8 Å². The van der Waals surface area contributed by atoms with Crippen LogP contribution in [0.1, 0.15) is 5.56 Å². The number of hydrogen-bond acceptors (Lipinski definition) is 4. The van der Waals surface area contributed by atoms with Crippen molar-refractivity contribution in [3.8, 4) is 11.5 Å². The lowest BCUT2D eigenvalue weighted by Crippen LogP contribution is -2.46. The average molecular weight is 330 g/mol. The maximum absolute atomic E-state index is 13.9.